The number of carbonyl (C=O) groups is 1. The van der Waals surface area contributed by atoms with Crippen LogP contribution >= 0.6 is 23.2 Å². The van der Waals surface area contributed by atoms with Crippen LogP contribution in [-0.4, -0.2) is 36.6 Å². The molecule has 0 bridgehead atoms. The fourth-order valence-corrected chi connectivity index (χ4v) is 7.19. The first-order valence-electron chi connectivity index (χ1n) is 12.5. The molecule has 8 heteroatoms. The topological polar surface area (TPSA) is 57.7 Å². The number of amides is 1. The molecule has 0 saturated heterocycles. The Balaban J connectivity index is 1.47. The van der Waals surface area contributed by atoms with Crippen molar-refractivity contribution >= 4 is 39.6 Å². The van der Waals surface area contributed by atoms with Crippen molar-refractivity contribution in [1.82, 2.24) is 9.21 Å². The number of halogens is 2. The smallest absolute Gasteiger partial charge is 0.244 e. The van der Waals surface area contributed by atoms with Crippen LogP contribution in [0.3, 0.4) is 0 Å². The molecule has 3 aromatic rings. The van der Waals surface area contributed by atoms with Crippen molar-refractivity contribution in [2.75, 3.05) is 6.54 Å². The summed E-state index contributed by atoms with van der Waals surface area (Å²) in [7, 11) is -3.88. The van der Waals surface area contributed by atoms with E-state index in [1.54, 1.807) is 6.07 Å². The highest BCUT2D eigenvalue weighted by Crippen LogP contribution is 2.33. The van der Waals surface area contributed by atoms with Crippen molar-refractivity contribution in [3.63, 3.8) is 0 Å². The van der Waals surface area contributed by atoms with Crippen LogP contribution < -0.4 is 0 Å². The summed E-state index contributed by atoms with van der Waals surface area (Å²) in [5, 5.41) is 0.481. The van der Waals surface area contributed by atoms with Gasteiger partial charge in [0.1, 0.15) is 4.90 Å². The van der Waals surface area contributed by atoms with Crippen LogP contribution in [0.4, 0.5) is 0 Å². The van der Waals surface area contributed by atoms with Gasteiger partial charge >= 0.3 is 0 Å². The number of aryl methyl sites for hydroxylation is 1. The maximum Gasteiger partial charge on any atom is 0.244 e. The van der Waals surface area contributed by atoms with Gasteiger partial charge in [0.15, 0.2) is 0 Å². The molecular formula is C29H32Cl2N2O3S. The monoisotopic (exact) mass is 558 g/mol. The van der Waals surface area contributed by atoms with E-state index in [1.165, 1.54) is 22.0 Å². The summed E-state index contributed by atoms with van der Waals surface area (Å²) in [6, 6.07) is 22.5. The van der Waals surface area contributed by atoms with Gasteiger partial charge in [-0.2, -0.15) is 4.31 Å². The Morgan fingerprint density at radius 1 is 0.865 bits per heavy atom. The lowest BCUT2D eigenvalue weighted by Crippen LogP contribution is -2.40. The summed E-state index contributed by atoms with van der Waals surface area (Å²) in [6.07, 6.45) is 4.30. The highest BCUT2D eigenvalue weighted by atomic mass is 35.5. The van der Waals surface area contributed by atoms with E-state index in [0.717, 1.165) is 43.2 Å². The second-order valence-electron chi connectivity index (χ2n) is 9.80. The van der Waals surface area contributed by atoms with E-state index in [4.69, 9.17) is 23.2 Å². The molecule has 5 nitrogen and oxygen atoms in total. The van der Waals surface area contributed by atoms with Crippen molar-refractivity contribution in [2.45, 2.75) is 56.6 Å². The molecule has 37 heavy (non-hydrogen) atoms. The summed E-state index contributed by atoms with van der Waals surface area (Å²) in [5.74, 6) is 0.181. The van der Waals surface area contributed by atoms with Gasteiger partial charge in [0, 0.05) is 30.7 Å². The second-order valence-corrected chi connectivity index (χ2v) is 12.5. The van der Waals surface area contributed by atoms with Gasteiger partial charge in [-0.05, 0) is 67.9 Å². The van der Waals surface area contributed by atoms with E-state index in [2.05, 4.69) is 24.3 Å². The average molecular weight is 560 g/mol. The van der Waals surface area contributed by atoms with Crippen molar-refractivity contribution < 1.29 is 13.2 Å². The summed E-state index contributed by atoms with van der Waals surface area (Å²) in [4.78, 5) is 13.8. The van der Waals surface area contributed by atoms with E-state index in [-0.39, 0.29) is 28.4 Å². The molecule has 0 unspecified atom stereocenters. The van der Waals surface area contributed by atoms with E-state index < -0.39 is 10.0 Å². The molecule has 0 spiro atoms. The zero-order valence-corrected chi connectivity index (χ0v) is 23.2. The zero-order chi connectivity index (χ0) is 26.4. The number of benzene rings is 3. The predicted molar refractivity (Wildman–Crippen MR) is 149 cm³/mol. The van der Waals surface area contributed by atoms with Crippen molar-refractivity contribution in [3.05, 3.63) is 99.5 Å². The molecule has 1 aliphatic carbocycles. The van der Waals surface area contributed by atoms with Gasteiger partial charge in [0.2, 0.25) is 16.4 Å². The molecule has 196 valence electrons. The van der Waals surface area contributed by atoms with Crippen molar-refractivity contribution in [3.8, 4) is 0 Å². The lowest BCUT2D eigenvalue weighted by atomic mass is 9.85. The Hall–Kier alpha value is -2.38. The highest BCUT2D eigenvalue weighted by molar-refractivity contribution is 7.89. The Morgan fingerprint density at radius 3 is 2.16 bits per heavy atom. The third-order valence-corrected chi connectivity index (χ3v) is 9.61. The molecule has 0 N–H and O–H groups in total. The normalized spacial score (nSPS) is 18.1. The third-order valence-electron chi connectivity index (χ3n) is 7.08. The molecule has 1 saturated carbocycles. The number of nitrogens with zero attached hydrogens (tertiary/aromatic N) is 2. The largest absolute Gasteiger partial charge is 0.338 e. The molecule has 4 rings (SSSR count). The van der Waals surface area contributed by atoms with Gasteiger partial charge in [0.05, 0.1) is 5.02 Å². The molecule has 0 radical (unpaired) electrons. The first-order valence-corrected chi connectivity index (χ1v) is 14.7. The van der Waals surface area contributed by atoms with Crippen LogP contribution in [0.5, 0.6) is 0 Å². The van der Waals surface area contributed by atoms with Gasteiger partial charge in [-0.15, -0.1) is 0 Å². The van der Waals surface area contributed by atoms with Crippen LogP contribution in [0.1, 0.15) is 42.4 Å². The minimum Gasteiger partial charge on any atom is -0.338 e. The minimum absolute atomic E-state index is 0.0245. The average Bonchev–Trinajstić information content (AvgIpc) is 2.90. The maximum absolute atomic E-state index is 13.8. The summed E-state index contributed by atoms with van der Waals surface area (Å²) in [5.41, 5.74) is 3.21. The number of hydrogen-bond acceptors (Lipinski definition) is 3. The molecule has 0 aliphatic heterocycles. The Labute approximate surface area is 230 Å². The Bertz CT molecular complexity index is 1290. The number of hydrogen-bond donors (Lipinski definition) is 0. The third kappa shape index (κ3) is 7.14. The quantitative estimate of drug-likeness (QED) is 0.260. The van der Waals surface area contributed by atoms with Gasteiger partial charge in [-0.1, -0.05) is 83.4 Å². The molecule has 1 amide bonds. The predicted octanol–water partition coefficient (Wildman–Crippen LogP) is 6.71. The molecule has 0 aromatic heterocycles. The van der Waals surface area contributed by atoms with E-state index in [9.17, 15) is 13.2 Å². The highest BCUT2D eigenvalue weighted by Gasteiger charge is 2.32. The number of rotatable bonds is 10. The van der Waals surface area contributed by atoms with Gasteiger partial charge in [-0.3, -0.25) is 4.79 Å². The fourth-order valence-electron chi connectivity index (χ4n) is 4.95. The van der Waals surface area contributed by atoms with E-state index in [1.807, 2.05) is 42.2 Å². The molecule has 3 aromatic carbocycles. The summed E-state index contributed by atoms with van der Waals surface area (Å²) < 4.78 is 29.0. The minimum atomic E-state index is -3.88. The summed E-state index contributed by atoms with van der Waals surface area (Å²) >= 11 is 12.4. The lowest BCUT2D eigenvalue weighted by molar-refractivity contribution is -0.121. The van der Waals surface area contributed by atoms with Crippen LogP contribution in [0.25, 0.3) is 0 Å². The molecular weight excluding hydrogens is 527 g/mol. The van der Waals surface area contributed by atoms with Crippen LogP contribution in [0.15, 0.2) is 77.7 Å². The first kappa shape index (κ1) is 27.6. The molecule has 1 aliphatic rings. The van der Waals surface area contributed by atoms with Gasteiger partial charge < -0.3 is 4.90 Å². The van der Waals surface area contributed by atoms with E-state index >= 15 is 0 Å². The Morgan fingerprint density at radius 2 is 1.51 bits per heavy atom. The van der Waals surface area contributed by atoms with Crippen molar-refractivity contribution in [1.29, 1.82) is 0 Å². The lowest BCUT2D eigenvalue weighted by Gasteiger charge is -2.36. The Kier molecular flexibility index (Phi) is 9.30. The molecule has 0 heterocycles. The fraction of sp³-hybridized carbons (Fsp3) is 0.345. The van der Waals surface area contributed by atoms with E-state index in [0.29, 0.717) is 18.1 Å². The molecule has 0 atom stereocenters. The van der Waals surface area contributed by atoms with Crippen LogP contribution in [0.2, 0.25) is 10.0 Å². The number of sulfonamides is 1. The van der Waals surface area contributed by atoms with Crippen LogP contribution in [0, 0.1) is 12.8 Å². The molecule has 1 fully saturated rings. The van der Waals surface area contributed by atoms with Gasteiger partial charge in [-0.25, -0.2) is 8.42 Å². The first-order chi connectivity index (χ1) is 17.8. The SMILES string of the molecule is Cc1ccc(CN(C=O)C2CCC(CN(Cc3ccccc3)S(=O)(=O)c3cc(Cl)ccc3Cl)CC2)cc1. The van der Waals surface area contributed by atoms with Crippen molar-refractivity contribution in [2.24, 2.45) is 5.92 Å². The summed E-state index contributed by atoms with van der Waals surface area (Å²) in [6.45, 7) is 3.26. The maximum atomic E-state index is 13.8. The second kappa shape index (κ2) is 12.4. The standard InChI is InChI=1S/C29H32Cl2N2O3S/c1-22-7-9-24(10-8-22)18-32(21-34)27-14-11-25(12-15-27)20-33(19-23-5-3-2-4-6-23)37(35,36)29-17-26(30)13-16-28(29)31/h2-10,13,16-17,21,25,27H,11-12,14-15,18-20H2,1H3. The van der Waals surface area contributed by atoms with Crippen LogP contribution in [-0.2, 0) is 27.9 Å². The number of carbonyl (C=O) groups excluding carboxylic acids is 1. The zero-order valence-electron chi connectivity index (χ0n) is 20.9. The van der Waals surface area contributed by atoms with Gasteiger partial charge in [0.25, 0.3) is 0 Å².